The first-order valence-electron chi connectivity index (χ1n) is 7.48. The molecule has 0 fully saturated rings. The zero-order valence-electron chi connectivity index (χ0n) is 12.4. The molecule has 24 heavy (non-hydrogen) atoms. The standard InChI is InChI=1S/C16H14F3N3OS/c17-16(18,19)8-6-12(24-7-8)14-21-15(23)10-3-1-2-9-11(20)4-5-22(14)13(9)10/h1-3,6-7,11,14H,4-5,20H2,(H,21,23)/t11-,14-/m0/s1. The molecular weight excluding hydrogens is 339 g/mol. The molecule has 1 amide bonds. The van der Waals surface area contributed by atoms with Crippen LogP contribution in [0.1, 0.15) is 45.0 Å². The van der Waals surface area contributed by atoms with Crippen molar-refractivity contribution in [2.24, 2.45) is 5.73 Å². The second-order valence-corrected chi connectivity index (χ2v) is 6.89. The molecule has 1 aromatic heterocycles. The maximum absolute atomic E-state index is 12.9. The molecular formula is C16H14F3N3OS. The number of alkyl halides is 3. The van der Waals surface area contributed by atoms with E-state index in [1.807, 2.05) is 11.0 Å². The van der Waals surface area contributed by atoms with E-state index in [0.717, 1.165) is 34.0 Å². The average Bonchev–Trinajstić information content (AvgIpc) is 3.03. The van der Waals surface area contributed by atoms with Gasteiger partial charge in [0.15, 0.2) is 0 Å². The first kappa shape index (κ1) is 15.5. The minimum Gasteiger partial charge on any atom is -0.346 e. The molecule has 3 N–H and O–H groups in total. The van der Waals surface area contributed by atoms with Crippen molar-refractivity contribution in [1.29, 1.82) is 0 Å². The van der Waals surface area contributed by atoms with Crippen LogP contribution < -0.4 is 16.0 Å². The Morgan fingerprint density at radius 1 is 1.33 bits per heavy atom. The number of halogens is 3. The Labute approximate surface area is 140 Å². The quantitative estimate of drug-likeness (QED) is 0.826. The SMILES string of the molecule is N[C@H]1CCN2c3c(cccc31)C(=O)N[C@@H]2c1cc(C(F)(F)F)cs1. The number of hydrogen-bond donors (Lipinski definition) is 2. The lowest BCUT2D eigenvalue weighted by atomic mass is 9.91. The Balaban J connectivity index is 1.80. The van der Waals surface area contributed by atoms with Crippen molar-refractivity contribution in [3.63, 3.8) is 0 Å². The van der Waals surface area contributed by atoms with E-state index in [0.29, 0.717) is 23.4 Å². The number of benzene rings is 1. The molecule has 0 saturated carbocycles. The van der Waals surface area contributed by atoms with Gasteiger partial charge >= 0.3 is 6.18 Å². The maximum Gasteiger partial charge on any atom is 0.417 e. The fraction of sp³-hybridized carbons (Fsp3) is 0.312. The van der Waals surface area contributed by atoms with Crippen molar-refractivity contribution in [3.8, 4) is 0 Å². The third kappa shape index (κ3) is 2.29. The Bertz CT molecular complexity index is 817. The fourth-order valence-corrected chi connectivity index (χ4v) is 4.29. The second kappa shape index (κ2) is 5.22. The molecule has 1 aromatic carbocycles. The van der Waals surface area contributed by atoms with E-state index in [1.54, 1.807) is 12.1 Å². The Morgan fingerprint density at radius 2 is 2.12 bits per heavy atom. The number of nitrogens with zero attached hydrogens (tertiary/aromatic N) is 1. The number of carbonyl (C=O) groups is 1. The van der Waals surface area contributed by atoms with Crippen molar-refractivity contribution >= 4 is 22.9 Å². The average molecular weight is 353 g/mol. The lowest BCUT2D eigenvalue weighted by Crippen LogP contribution is -2.49. The number of nitrogens with two attached hydrogens (primary N) is 1. The fourth-order valence-electron chi connectivity index (χ4n) is 3.32. The summed E-state index contributed by atoms with van der Waals surface area (Å²) >= 11 is 1.00. The van der Waals surface area contributed by atoms with Gasteiger partial charge in [0.05, 0.1) is 16.8 Å². The highest BCUT2D eigenvalue weighted by Crippen LogP contribution is 2.44. The number of carbonyl (C=O) groups excluding carboxylic acids is 1. The molecule has 0 saturated heterocycles. The molecule has 2 atom stereocenters. The molecule has 0 spiro atoms. The topological polar surface area (TPSA) is 58.4 Å². The molecule has 2 aliphatic heterocycles. The minimum absolute atomic E-state index is 0.170. The number of hydrogen-bond acceptors (Lipinski definition) is 4. The van der Waals surface area contributed by atoms with Gasteiger partial charge in [-0.1, -0.05) is 12.1 Å². The Morgan fingerprint density at radius 3 is 2.83 bits per heavy atom. The summed E-state index contributed by atoms with van der Waals surface area (Å²) in [4.78, 5) is 14.8. The molecule has 0 radical (unpaired) electrons. The van der Waals surface area contributed by atoms with Crippen LogP contribution in [0, 0.1) is 0 Å². The van der Waals surface area contributed by atoms with Crippen LogP contribution in [0.25, 0.3) is 0 Å². The first-order valence-corrected chi connectivity index (χ1v) is 8.36. The van der Waals surface area contributed by atoms with Crippen LogP contribution in [0.4, 0.5) is 18.9 Å². The number of thiophene rings is 1. The van der Waals surface area contributed by atoms with Gasteiger partial charge in [-0.2, -0.15) is 13.2 Å². The third-order valence-electron chi connectivity index (χ3n) is 4.48. The summed E-state index contributed by atoms with van der Waals surface area (Å²) in [5.41, 5.74) is 7.58. The summed E-state index contributed by atoms with van der Waals surface area (Å²) in [6.45, 7) is 0.579. The minimum atomic E-state index is -4.39. The van der Waals surface area contributed by atoms with E-state index >= 15 is 0 Å². The zero-order valence-corrected chi connectivity index (χ0v) is 13.2. The molecule has 0 unspecified atom stereocenters. The van der Waals surface area contributed by atoms with E-state index in [2.05, 4.69) is 5.32 Å². The highest BCUT2D eigenvalue weighted by atomic mass is 32.1. The number of amides is 1. The molecule has 8 heteroatoms. The van der Waals surface area contributed by atoms with E-state index in [-0.39, 0.29) is 11.9 Å². The van der Waals surface area contributed by atoms with Crippen LogP contribution in [0.2, 0.25) is 0 Å². The third-order valence-corrected chi connectivity index (χ3v) is 5.46. The maximum atomic E-state index is 12.9. The van der Waals surface area contributed by atoms with Crippen molar-refractivity contribution in [2.45, 2.75) is 24.8 Å². The second-order valence-electron chi connectivity index (χ2n) is 5.94. The number of para-hydroxylation sites is 1. The normalized spacial score (nSPS) is 23.0. The highest BCUT2D eigenvalue weighted by Gasteiger charge is 2.39. The van der Waals surface area contributed by atoms with Gasteiger partial charge in [-0.05, 0) is 24.1 Å². The van der Waals surface area contributed by atoms with Gasteiger partial charge < -0.3 is 16.0 Å². The molecule has 4 nitrogen and oxygen atoms in total. The van der Waals surface area contributed by atoms with Crippen molar-refractivity contribution in [2.75, 3.05) is 11.4 Å². The van der Waals surface area contributed by atoms with E-state index in [9.17, 15) is 18.0 Å². The van der Waals surface area contributed by atoms with Crippen molar-refractivity contribution in [1.82, 2.24) is 5.32 Å². The van der Waals surface area contributed by atoms with Crippen LogP contribution in [-0.4, -0.2) is 12.5 Å². The summed E-state index contributed by atoms with van der Waals surface area (Å²) in [5.74, 6) is -0.288. The van der Waals surface area contributed by atoms with E-state index in [1.165, 1.54) is 0 Å². The van der Waals surface area contributed by atoms with Crippen LogP contribution in [0.3, 0.4) is 0 Å². The van der Waals surface area contributed by atoms with Crippen LogP contribution in [0.5, 0.6) is 0 Å². The van der Waals surface area contributed by atoms with Gasteiger partial charge in [-0.3, -0.25) is 4.79 Å². The van der Waals surface area contributed by atoms with Crippen LogP contribution >= 0.6 is 11.3 Å². The summed E-state index contributed by atoms with van der Waals surface area (Å²) in [6.07, 6.45) is -4.30. The number of anilines is 1. The molecule has 4 rings (SSSR count). The predicted octanol–water partition coefficient (Wildman–Crippen LogP) is 3.42. The first-order chi connectivity index (χ1) is 11.4. The largest absolute Gasteiger partial charge is 0.417 e. The number of rotatable bonds is 1. The monoisotopic (exact) mass is 353 g/mol. The molecule has 126 valence electrons. The lowest BCUT2D eigenvalue weighted by molar-refractivity contribution is -0.137. The van der Waals surface area contributed by atoms with E-state index < -0.39 is 17.9 Å². The van der Waals surface area contributed by atoms with E-state index in [4.69, 9.17) is 5.73 Å². The van der Waals surface area contributed by atoms with Gasteiger partial charge in [0.1, 0.15) is 6.17 Å². The molecule has 0 bridgehead atoms. The van der Waals surface area contributed by atoms with Crippen LogP contribution in [-0.2, 0) is 6.18 Å². The van der Waals surface area contributed by atoms with Gasteiger partial charge in [0.25, 0.3) is 5.91 Å². The summed E-state index contributed by atoms with van der Waals surface area (Å²) < 4.78 is 38.6. The molecule has 3 heterocycles. The highest BCUT2D eigenvalue weighted by molar-refractivity contribution is 7.10. The summed E-state index contributed by atoms with van der Waals surface area (Å²) in [7, 11) is 0. The molecule has 2 aliphatic rings. The summed E-state index contributed by atoms with van der Waals surface area (Å²) in [5, 5.41) is 3.90. The van der Waals surface area contributed by atoms with Crippen LogP contribution in [0.15, 0.2) is 29.6 Å². The van der Waals surface area contributed by atoms with Gasteiger partial charge in [-0.15, -0.1) is 11.3 Å². The molecule has 2 aromatic rings. The molecule has 0 aliphatic carbocycles. The zero-order chi connectivity index (χ0) is 17.1. The number of nitrogens with one attached hydrogen (secondary N) is 1. The van der Waals surface area contributed by atoms with Crippen molar-refractivity contribution < 1.29 is 18.0 Å². The lowest BCUT2D eigenvalue weighted by Gasteiger charge is -2.43. The van der Waals surface area contributed by atoms with Gasteiger partial charge in [-0.25, -0.2) is 0 Å². The Hall–Kier alpha value is -2.06. The van der Waals surface area contributed by atoms with Gasteiger partial charge in [0.2, 0.25) is 0 Å². The Kier molecular flexibility index (Phi) is 3.36. The smallest absolute Gasteiger partial charge is 0.346 e. The predicted molar refractivity (Wildman–Crippen MR) is 84.9 cm³/mol. The van der Waals surface area contributed by atoms with Crippen molar-refractivity contribution in [3.05, 3.63) is 51.2 Å². The van der Waals surface area contributed by atoms with Gasteiger partial charge in [0, 0.05) is 22.8 Å². The summed E-state index contributed by atoms with van der Waals surface area (Å²) in [6, 6.07) is 6.31.